The van der Waals surface area contributed by atoms with E-state index < -0.39 is 0 Å². The number of ether oxygens (including phenoxy) is 1. The van der Waals surface area contributed by atoms with Crippen LogP contribution < -0.4 is 5.32 Å². The van der Waals surface area contributed by atoms with Crippen LogP contribution in [0.5, 0.6) is 0 Å². The van der Waals surface area contributed by atoms with Crippen molar-refractivity contribution < 1.29 is 4.74 Å². The second-order valence-corrected chi connectivity index (χ2v) is 2.90. The molecule has 70 valence electrons. The summed E-state index contributed by atoms with van der Waals surface area (Å²) in [5.74, 6) is 0. The number of hydrogen-bond acceptors (Lipinski definition) is 3. The van der Waals surface area contributed by atoms with Gasteiger partial charge in [0.15, 0.2) is 0 Å². The van der Waals surface area contributed by atoms with Crippen molar-refractivity contribution >= 4 is 0 Å². The average molecular weight is 170 g/mol. The van der Waals surface area contributed by atoms with Crippen LogP contribution in [0.4, 0.5) is 0 Å². The normalized spacial score (nSPS) is 12.4. The molecule has 0 aliphatic carbocycles. The lowest BCUT2D eigenvalue weighted by atomic mass is 10.2. The average Bonchev–Trinajstić information content (AvgIpc) is 2.09. The topological polar surface area (TPSA) is 45.0 Å². The molecule has 0 aromatic heterocycles. The fourth-order valence-corrected chi connectivity index (χ4v) is 0.913. The molecule has 0 aliphatic rings. The fraction of sp³-hybridized carbons (Fsp3) is 0.889. The number of unbranched alkanes of at least 4 members (excludes halogenated alkanes) is 1. The largest absolute Gasteiger partial charge is 0.385 e. The molecule has 0 saturated heterocycles. The molecule has 0 fully saturated rings. The summed E-state index contributed by atoms with van der Waals surface area (Å²) in [6, 6.07) is 2.61. The van der Waals surface area contributed by atoms with E-state index in [0.717, 1.165) is 26.0 Å². The van der Waals surface area contributed by atoms with Gasteiger partial charge in [-0.3, -0.25) is 0 Å². The molecule has 0 aromatic rings. The van der Waals surface area contributed by atoms with Crippen LogP contribution in [0, 0.1) is 11.3 Å². The number of nitrogens with one attached hydrogen (secondary N) is 1. The fourth-order valence-electron chi connectivity index (χ4n) is 0.913. The van der Waals surface area contributed by atoms with E-state index in [1.165, 1.54) is 0 Å². The Balaban J connectivity index is 3.09. The molecule has 0 aliphatic heterocycles. The maximum atomic E-state index is 8.28. The van der Waals surface area contributed by atoms with Crippen molar-refractivity contribution in [3.63, 3.8) is 0 Å². The number of hydrogen-bond donors (Lipinski definition) is 1. The highest BCUT2D eigenvalue weighted by molar-refractivity contribution is 4.70. The highest BCUT2D eigenvalue weighted by atomic mass is 16.5. The van der Waals surface area contributed by atoms with Crippen molar-refractivity contribution in [2.75, 3.05) is 20.3 Å². The molecule has 0 saturated carbocycles. The zero-order valence-electron chi connectivity index (χ0n) is 7.97. The van der Waals surface area contributed by atoms with Gasteiger partial charge in [0.05, 0.1) is 6.07 Å². The van der Waals surface area contributed by atoms with Gasteiger partial charge in [-0.2, -0.15) is 5.26 Å². The van der Waals surface area contributed by atoms with Gasteiger partial charge < -0.3 is 10.1 Å². The summed E-state index contributed by atoms with van der Waals surface area (Å²) in [6.45, 7) is 3.86. The molecule has 0 bridgehead atoms. The molecule has 0 aromatic carbocycles. The van der Waals surface area contributed by atoms with E-state index in [-0.39, 0.29) is 0 Å². The predicted molar refractivity (Wildman–Crippen MR) is 48.8 cm³/mol. The van der Waals surface area contributed by atoms with Crippen LogP contribution in [-0.2, 0) is 4.74 Å². The van der Waals surface area contributed by atoms with E-state index in [9.17, 15) is 0 Å². The van der Waals surface area contributed by atoms with E-state index in [2.05, 4.69) is 18.3 Å². The van der Waals surface area contributed by atoms with Crippen molar-refractivity contribution in [3.05, 3.63) is 0 Å². The molecule has 1 N–H and O–H groups in total. The summed E-state index contributed by atoms with van der Waals surface area (Å²) in [4.78, 5) is 0. The zero-order valence-corrected chi connectivity index (χ0v) is 7.97. The molecule has 0 spiro atoms. The first-order chi connectivity index (χ1) is 5.81. The van der Waals surface area contributed by atoms with E-state index in [4.69, 9.17) is 10.00 Å². The van der Waals surface area contributed by atoms with Crippen molar-refractivity contribution in [3.8, 4) is 6.07 Å². The molecular weight excluding hydrogens is 152 g/mol. The molecule has 0 heterocycles. The molecule has 0 rings (SSSR count). The van der Waals surface area contributed by atoms with E-state index in [1.54, 1.807) is 7.11 Å². The van der Waals surface area contributed by atoms with Gasteiger partial charge in [-0.15, -0.1) is 0 Å². The van der Waals surface area contributed by atoms with Crippen LogP contribution >= 0.6 is 0 Å². The Labute approximate surface area is 74.7 Å². The van der Waals surface area contributed by atoms with Crippen LogP contribution in [0.25, 0.3) is 0 Å². The van der Waals surface area contributed by atoms with Crippen LogP contribution in [0.3, 0.4) is 0 Å². The summed E-state index contributed by atoms with van der Waals surface area (Å²) in [6.07, 6.45) is 2.61. The minimum atomic E-state index is 0.489. The number of nitrogens with zero attached hydrogens (tertiary/aromatic N) is 1. The number of methoxy groups -OCH3 is 1. The third-order valence-corrected chi connectivity index (χ3v) is 1.71. The maximum Gasteiger partial charge on any atom is 0.0622 e. The van der Waals surface area contributed by atoms with Gasteiger partial charge in [-0.25, -0.2) is 0 Å². The molecule has 0 radical (unpaired) electrons. The Morgan fingerprint density at radius 2 is 2.33 bits per heavy atom. The lowest BCUT2D eigenvalue weighted by Gasteiger charge is -2.11. The minimum absolute atomic E-state index is 0.489. The van der Waals surface area contributed by atoms with Gasteiger partial charge in [0.2, 0.25) is 0 Å². The molecule has 0 amide bonds. The second kappa shape index (κ2) is 8.51. The van der Waals surface area contributed by atoms with Crippen LogP contribution in [0.1, 0.15) is 26.2 Å². The Hall–Kier alpha value is -0.590. The lowest BCUT2D eigenvalue weighted by Crippen LogP contribution is -2.27. The Morgan fingerprint density at radius 1 is 1.58 bits per heavy atom. The summed E-state index contributed by atoms with van der Waals surface area (Å²) in [5, 5.41) is 11.6. The van der Waals surface area contributed by atoms with Crippen molar-refractivity contribution in [2.24, 2.45) is 0 Å². The monoisotopic (exact) mass is 170 g/mol. The summed E-state index contributed by atoms with van der Waals surface area (Å²) < 4.78 is 4.95. The third-order valence-electron chi connectivity index (χ3n) is 1.71. The first-order valence-corrected chi connectivity index (χ1v) is 4.40. The minimum Gasteiger partial charge on any atom is -0.385 e. The Morgan fingerprint density at radius 3 is 2.92 bits per heavy atom. The quantitative estimate of drug-likeness (QED) is 0.586. The van der Waals surface area contributed by atoms with Gasteiger partial charge in [-0.05, 0) is 26.3 Å². The number of rotatable bonds is 7. The molecule has 1 atom stereocenters. The first kappa shape index (κ1) is 11.4. The van der Waals surface area contributed by atoms with Gasteiger partial charge in [0.1, 0.15) is 0 Å². The summed E-state index contributed by atoms with van der Waals surface area (Å²) >= 11 is 0. The summed E-state index contributed by atoms with van der Waals surface area (Å²) in [5.41, 5.74) is 0. The SMILES string of the molecule is COCCC(C)NCCCC#N. The number of nitriles is 1. The van der Waals surface area contributed by atoms with Gasteiger partial charge in [0, 0.05) is 26.2 Å². The Bertz CT molecular complexity index is 131. The van der Waals surface area contributed by atoms with Crippen molar-refractivity contribution in [1.82, 2.24) is 5.32 Å². The molecular formula is C9H18N2O. The van der Waals surface area contributed by atoms with E-state index >= 15 is 0 Å². The summed E-state index contributed by atoms with van der Waals surface area (Å²) in [7, 11) is 1.71. The van der Waals surface area contributed by atoms with Crippen molar-refractivity contribution in [1.29, 1.82) is 5.26 Å². The molecule has 12 heavy (non-hydrogen) atoms. The van der Waals surface area contributed by atoms with Crippen LogP contribution in [-0.4, -0.2) is 26.3 Å². The molecule has 3 nitrogen and oxygen atoms in total. The molecule has 3 heteroatoms. The van der Waals surface area contributed by atoms with E-state index in [0.29, 0.717) is 12.5 Å². The standard InChI is InChI=1S/C9H18N2O/c1-9(5-8-12-2)11-7-4-3-6-10/h9,11H,3-5,7-8H2,1-2H3. The second-order valence-electron chi connectivity index (χ2n) is 2.90. The predicted octanol–water partition coefficient (Wildman–Crippen LogP) is 1.30. The Kier molecular flexibility index (Phi) is 8.09. The van der Waals surface area contributed by atoms with Gasteiger partial charge in [0.25, 0.3) is 0 Å². The van der Waals surface area contributed by atoms with Crippen LogP contribution in [0.2, 0.25) is 0 Å². The van der Waals surface area contributed by atoms with Gasteiger partial charge in [-0.1, -0.05) is 0 Å². The van der Waals surface area contributed by atoms with E-state index in [1.807, 2.05) is 0 Å². The zero-order chi connectivity index (χ0) is 9.23. The highest BCUT2D eigenvalue weighted by Crippen LogP contribution is 1.91. The molecule has 1 unspecified atom stereocenters. The van der Waals surface area contributed by atoms with Gasteiger partial charge >= 0.3 is 0 Å². The van der Waals surface area contributed by atoms with Crippen LogP contribution in [0.15, 0.2) is 0 Å². The van der Waals surface area contributed by atoms with Crippen molar-refractivity contribution in [2.45, 2.75) is 32.2 Å². The maximum absolute atomic E-state index is 8.28. The smallest absolute Gasteiger partial charge is 0.0622 e. The lowest BCUT2D eigenvalue weighted by molar-refractivity contribution is 0.185. The third kappa shape index (κ3) is 7.52. The highest BCUT2D eigenvalue weighted by Gasteiger charge is 1.98. The first-order valence-electron chi connectivity index (χ1n) is 4.40.